The molecule has 0 atom stereocenters. The number of aromatic nitrogens is 3. The smallest absolute Gasteiger partial charge is 0.390 e. The highest BCUT2D eigenvalue weighted by Gasteiger charge is 2.33. The molecule has 1 amide bonds. The van der Waals surface area contributed by atoms with E-state index >= 15 is 0 Å². The fraction of sp³-hybridized carbons (Fsp3) is 0.435. The molecule has 1 fully saturated rings. The van der Waals surface area contributed by atoms with E-state index in [-0.39, 0.29) is 29.1 Å². The Morgan fingerprint density at radius 3 is 2.55 bits per heavy atom. The predicted octanol–water partition coefficient (Wildman–Crippen LogP) is 4.78. The van der Waals surface area contributed by atoms with Crippen LogP contribution in [0, 0.1) is 5.92 Å². The largest absolute Gasteiger partial charge is 0.433 e. The summed E-state index contributed by atoms with van der Waals surface area (Å²) in [6.07, 6.45) is -1.41. The summed E-state index contributed by atoms with van der Waals surface area (Å²) in [7, 11) is 0. The Morgan fingerprint density at radius 2 is 1.91 bits per heavy atom. The van der Waals surface area contributed by atoms with Crippen LogP contribution in [0.5, 0.6) is 0 Å². The standard InChI is InChI=1S/C23H24ClF3N4O2/c1-22(2,33)15-6-8-30(9-7-15)21(32)13-31-12-14-10-16(17(24)11-19(14)29-31)18-4-3-5-20(28-18)23(25,26)27/h3-5,10-12,15,33H,6-9,13H2,1-2H3. The van der Waals surface area contributed by atoms with E-state index in [9.17, 15) is 23.1 Å². The van der Waals surface area contributed by atoms with Crippen molar-refractivity contribution in [3.8, 4) is 11.3 Å². The molecule has 33 heavy (non-hydrogen) atoms. The third-order valence-electron chi connectivity index (χ3n) is 6.10. The molecule has 3 aromatic rings. The fourth-order valence-corrected chi connectivity index (χ4v) is 4.45. The van der Waals surface area contributed by atoms with Crippen molar-refractivity contribution in [2.75, 3.05) is 13.1 Å². The van der Waals surface area contributed by atoms with Crippen LogP contribution in [-0.4, -0.2) is 49.4 Å². The van der Waals surface area contributed by atoms with Crippen molar-refractivity contribution in [2.45, 2.75) is 45.0 Å². The third-order valence-corrected chi connectivity index (χ3v) is 6.41. The maximum absolute atomic E-state index is 13.0. The quantitative estimate of drug-likeness (QED) is 0.583. The molecule has 6 nitrogen and oxygen atoms in total. The topological polar surface area (TPSA) is 71.2 Å². The van der Waals surface area contributed by atoms with Gasteiger partial charge in [-0.15, -0.1) is 0 Å². The molecule has 1 N–H and O–H groups in total. The Hall–Kier alpha value is -2.65. The van der Waals surface area contributed by atoms with Gasteiger partial charge in [-0.2, -0.15) is 18.3 Å². The number of fused-ring (bicyclic) bond motifs is 1. The molecule has 1 aromatic carbocycles. The lowest BCUT2D eigenvalue weighted by Gasteiger charge is -2.37. The molecular weight excluding hydrogens is 457 g/mol. The zero-order valence-electron chi connectivity index (χ0n) is 18.2. The summed E-state index contributed by atoms with van der Waals surface area (Å²) in [5.41, 5.74) is -0.763. The summed E-state index contributed by atoms with van der Waals surface area (Å²) in [4.78, 5) is 18.2. The number of hydrogen-bond acceptors (Lipinski definition) is 4. The van der Waals surface area contributed by atoms with Crippen molar-refractivity contribution in [1.29, 1.82) is 0 Å². The first-order valence-corrected chi connectivity index (χ1v) is 11.0. The molecule has 0 spiro atoms. The number of hydrogen-bond donors (Lipinski definition) is 1. The fourth-order valence-electron chi connectivity index (χ4n) is 4.19. The minimum absolute atomic E-state index is 0.0383. The van der Waals surface area contributed by atoms with Gasteiger partial charge >= 0.3 is 6.18 Å². The van der Waals surface area contributed by atoms with Crippen molar-refractivity contribution < 1.29 is 23.1 Å². The minimum Gasteiger partial charge on any atom is -0.390 e. The molecule has 0 aliphatic carbocycles. The van der Waals surface area contributed by atoms with Gasteiger partial charge in [-0.05, 0) is 56.9 Å². The number of nitrogens with zero attached hydrogens (tertiary/aromatic N) is 4. The first kappa shape index (κ1) is 23.5. The number of piperidine rings is 1. The maximum Gasteiger partial charge on any atom is 0.433 e. The molecule has 0 bridgehead atoms. The number of pyridine rings is 1. The van der Waals surface area contributed by atoms with E-state index in [1.807, 2.05) is 0 Å². The second-order valence-corrected chi connectivity index (χ2v) is 9.34. The lowest BCUT2D eigenvalue weighted by Crippen LogP contribution is -2.45. The summed E-state index contributed by atoms with van der Waals surface area (Å²) in [6, 6.07) is 6.85. The molecule has 0 unspecified atom stereocenters. The Labute approximate surface area is 194 Å². The second-order valence-electron chi connectivity index (χ2n) is 8.93. The van der Waals surface area contributed by atoms with Crippen LogP contribution in [0.1, 0.15) is 32.4 Å². The van der Waals surface area contributed by atoms with Crippen molar-refractivity contribution in [3.05, 3.63) is 47.2 Å². The maximum atomic E-state index is 13.0. The van der Waals surface area contributed by atoms with Crippen LogP contribution < -0.4 is 0 Å². The number of alkyl halides is 3. The average molecular weight is 481 g/mol. The predicted molar refractivity (Wildman–Crippen MR) is 119 cm³/mol. The van der Waals surface area contributed by atoms with Crippen molar-refractivity contribution in [2.24, 2.45) is 5.92 Å². The van der Waals surface area contributed by atoms with E-state index < -0.39 is 17.5 Å². The van der Waals surface area contributed by atoms with Crippen LogP contribution >= 0.6 is 11.6 Å². The summed E-state index contributed by atoms with van der Waals surface area (Å²) < 4.78 is 40.6. The van der Waals surface area contributed by atoms with E-state index in [2.05, 4.69) is 10.1 Å². The molecule has 2 aromatic heterocycles. The number of halogens is 4. The highest BCUT2D eigenvalue weighted by molar-refractivity contribution is 6.34. The van der Waals surface area contributed by atoms with Gasteiger partial charge in [-0.25, -0.2) is 4.98 Å². The van der Waals surface area contributed by atoms with E-state index in [1.165, 1.54) is 16.8 Å². The van der Waals surface area contributed by atoms with Gasteiger partial charge in [0.25, 0.3) is 0 Å². The molecule has 1 aliphatic rings. The first-order valence-electron chi connectivity index (χ1n) is 10.6. The van der Waals surface area contributed by atoms with Gasteiger partial charge in [-0.1, -0.05) is 17.7 Å². The number of benzene rings is 1. The second kappa shape index (κ2) is 8.61. The van der Waals surface area contributed by atoms with Gasteiger partial charge in [0, 0.05) is 30.2 Å². The summed E-state index contributed by atoms with van der Waals surface area (Å²) in [5.74, 6) is 0.0710. The Bertz CT molecular complexity index is 1180. The molecule has 4 rings (SSSR count). The minimum atomic E-state index is -4.56. The molecule has 3 heterocycles. The number of rotatable bonds is 4. The van der Waals surface area contributed by atoms with Gasteiger partial charge in [0.15, 0.2) is 0 Å². The summed E-state index contributed by atoms with van der Waals surface area (Å²) in [5, 5.41) is 15.4. The normalized spacial score (nSPS) is 15.9. The highest BCUT2D eigenvalue weighted by atomic mass is 35.5. The Morgan fingerprint density at radius 1 is 1.21 bits per heavy atom. The molecule has 1 saturated heterocycles. The number of carbonyl (C=O) groups is 1. The summed E-state index contributed by atoms with van der Waals surface area (Å²) >= 11 is 6.33. The molecule has 1 aliphatic heterocycles. The highest BCUT2D eigenvalue weighted by Crippen LogP contribution is 2.34. The van der Waals surface area contributed by atoms with Crippen molar-refractivity contribution in [3.63, 3.8) is 0 Å². The number of carbonyl (C=O) groups excluding carboxylic acids is 1. The number of likely N-dealkylation sites (tertiary alicyclic amines) is 1. The molecule has 176 valence electrons. The number of aliphatic hydroxyl groups is 1. The van der Waals surface area contributed by atoms with Crippen LogP contribution in [0.15, 0.2) is 36.5 Å². The van der Waals surface area contributed by atoms with Gasteiger partial charge < -0.3 is 10.0 Å². The van der Waals surface area contributed by atoms with Crippen LogP contribution in [0.25, 0.3) is 22.2 Å². The van der Waals surface area contributed by atoms with Crippen molar-refractivity contribution in [1.82, 2.24) is 19.7 Å². The van der Waals surface area contributed by atoms with Gasteiger partial charge in [0.1, 0.15) is 12.2 Å². The zero-order chi connectivity index (χ0) is 24.0. The lowest BCUT2D eigenvalue weighted by molar-refractivity contribution is -0.141. The Kier molecular flexibility index (Phi) is 6.13. The van der Waals surface area contributed by atoms with E-state index in [1.54, 1.807) is 37.1 Å². The van der Waals surface area contributed by atoms with E-state index in [0.29, 0.717) is 29.6 Å². The van der Waals surface area contributed by atoms with Gasteiger partial charge in [0.05, 0.1) is 21.8 Å². The van der Waals surface area contributed by atoms with E-state index in [4.69, 9.17) is 11.6 Å². The monoisotopic (exact) mass is 480 g/mol. The molecule has 0 saturated carbocycles. The van der Waals surface area contributed by atoms with E-state index in [0.717, 1.165) is 18.9 Å². The van der Waals surface area contributed by atoms with Crippen molar-refractivity contribution >= 4 is 28.4 Å². The number of amides is 1. The van der Waals surface area contributed by atoms with Gasteiger partial charge in [0.2, 0.25) is 5.91 Å². The third kappa shape index (κ3) is 5.14. The lowest BCUT2D eigenvalue weighted by atomic mass is 9.83. The average Bonchev–Trinajstić information content (AvgIpc) is 3.13. The van der Waals surface area contributed by atoms with Crippen LogP contribution in [-0.2, 0) is 17.5 Å². The van der Waals surface area contributed by atoms with Crippen LogP contribution in [0.4, 0.5) is 13.2 Å². The van der Waals surface area contributed by atoms with Gasteiger partial charge in [-0.3, -0.25) is 9.48 Å². The van der Waals surface area contributed by atoms with Crippen LogP contribution in [0.3, 0.4) is 0 Å². The molecule has 10 heteroatoms. The first-order chi connectivity index (χ1) is 15.4. The zero-order valence-corrected chi connectivity index (χ0v) is 19.0. The SMILES string of the molecule is CC(C)(O)C1CCN(C(=O)Cn2cc3cc(-c4cccc(C(F)(F)F)n4)c(Cl)cc3n2)CC1. The molecular formula is C23H24ClF3N4O2. The molecule has 0 radical (unpaired) electrons. The van der Waals surface area contributed by atoms with Crippen LogP contribution in [0.2, 0.25) is 5.02 Å². The Balaban J connectivity index is 1.52. The summed E-state index contributed by atoms with van der Waals surface area (Å²) in [6.45, 7) is 4.77.